The minimum absolute atomic E-state index is 0.354. The summed E-state index contributed by atoms with van der Waals surface area (Å²) in [6.07, 6.45) is 5.20. The van der Waals surface area contributed by atoms with Gasteiger partial charge in [-0.15, -0.1) is 0 Å². The van der Waals surface area contributed by atoms with Gasteiger partial charge in [0.25, 0.3) is 0 Å². The Hall–Kier alpha value is -2.63. The summed E-state index contributed by atoms with van der Waals surface area (Å²) in [6.45, 7) is 0.574. The Kier molecular flexibility index (Phi) is 4.18. The van der Waals surface area contributed by atoms with Crippen LogP contribution < -0.4 is 10.6 Å². The van der Waals surface area contributed by atoms with Gasteiger partial charge in [-0.25, -0.2) is 4.68 Å². The second-order valence-corrected chi connectivity index (χ2v) is 5.44. The van der Waals surface area contributed by atoms with Gasteiger partial charge >= 0.3 is 11.8 Å². The number of nitrogens with one attached hydrogen (secondary N) is 2. The highest BCUT2D eigenvalue weighted by molar-refractivity contribution is 6.39. The van der Waals surface area contributed by atoms with Gasteiger partial charge in [-0.05, 0) is 30.9 Å². The van der Waals surface area contributed by atoms with Crippen LogP contribution in [0, 0.1) is 5.92 Å². The highest BCUT2D eigenvalue weighted by Gasteiger charge is 2.20. The second kappa shape index (κ2) is 6.43. The molecule has 0 bridgehead atoms. The van der Waals surface area contributed by atoms with E-state index >= 15 is 0 Å². The third-order valence-corrected chi connectivity index (χ3v) is 3.83. The van der Waals surface area contributed by atoms with Gasteiger partial charge in [0.2, 0.25) is 0 Å². The molecule has 2 aromatic rings. The predicted octanol–water partition coefficient (Wildman–Crippen LogP) is 1.73. The topological polar surface area (TPSA) is 76.0 Å². The number of carbonyl (C=O) groups is 2. The molecular formula is C16H18N4O2. The molecule has 1 fully saturated rings. The lowest BCUT2D eigenvalue weighted by atomic mass is 9.85. The summed E-state index contributed by atoms with van der Waals surface area (Å²) in [5, 5.41) is 9.40. The molecule has 1 aromatic heterocycles. The molecule has 0 atom stereocenters. The number of hydrogen-bond acceptors (Lipinski definition) is 3. The van der Waals surface area contributed by atoms with Crippen LogP contribution in [0.4, 0.5) is 5.82 Å². The molecule has 0 aliphatic heterocycles. The van der Waals surface area contributed by atoms with Crippen molar-refractivity contribution in [3.8, 4) is 5.69 Å². The molecule has 22 heavy (non-hydrogen) atoms. The van der Waals surface area contributed by atoms with Crippen LogP contribution in [0.15, 0.2) is 42.6 Å². The molecule has 2 N–H and O–H groups in total. The first-order valence-corrected chi connectivity index (χ1v) is 7.42. The highest BCUT2D eigenvalue weighted by atomic mass is 16.2. The van der Waals surface area contributed by atoms with Crippen LogP contribution in [0.2, 0.25) is 0 Å². The SMILES string of the molecule is O=C(NCC1CCC1)C(=O)Nc1ccn(-c2ccccc2)n1. The van der Waals surface area contributed by atoms with Crippen molar-refractivity contribution in [1.82, 2.24) is 15.1 Å². The maximum atomic E-state index is 11.8. The van der Waals surface area contributed by atoms with Gasteiger partial charge in [0.05, 0.1) is 5.69 Å². The van der Waals surface area contributed by atoms with Crippen LogP contribution in [0.1, 0.15) is 19.3 Å². The van der Waals surface area contributed by atoms with Crippen LogP contribution in [0.3, 0.4) is 0 Å². The zero-order valence-electron chi connectivity index (χ0n) is 12.2. The van der Waals surface area contributed by atoms with E-state index in [2.05, 4.69) is 15.7 Å². The number of hydrogen-bond donors (Lipinski definition) is 2. The Balaban J connectivity index is 1.55. The minimum Gasteiger partial charge on any atom is -0.348 e. The number of nitrogens with zero attached hydrogens (tertiary/aromatic N) is 2. The van der Waals surface area contributed by atoms with Gasteiger partial charge < -0.3 is 10.6 Å². The molecule has 3 rings (SSSR count). The molecule has 1 saturated carbocycles. The average Bonchev–Trinajstić information content (AvgIpc) is 2.95. The Morgan fingerprint density at radius 2 is 1.91 bits per heavy atom. The summed E-state index contributed by atoms with van der Waals surface area (Å²) in [5.41, 5.74) is 0.887. The van der Waals surface area contributed by atoms with E-state index in [0.717, 1.165) is 18.5 Å². The van der Waals surface area contributed by atoms with Crippen LogP contribution in [0.5, 0.6) is 0 Å². The molecule has 1 aromatic carbocycles. The number of benzene rings is 1. The molecule has 6 heteroatoms. The van der Waals surface area contributed by atoms with Crippen molar-refractivity contribution in [1.29, 1.82) is 0 Å². The van der Waals surface area contributed by atoms with Crippen molar-refractivity contribution in [2.24, 2.45) is 5.92 Å². The average molecular weight is 298 g/mol. The summed E-state index contributed by atoms with van der Waals surface area (Å²) < 4.78 is 1.64. The summed E-state index contributed by atoms with van der Waals surface area (Å²) in [4.78, 5) is 23.5. The molecule has 2 amide bonds. The third kappa shape index (κ3) is 3.33. The van der Waals surface area contributed by atoms with E-state index < -0.39 is 11.8 Å². The first kappa shape index (κ1) is 14.3. The number of anilines is 1. The zero-order valence-corrected chi connectivity index (χ0v) is 12.2. The van der Waals surface area contributed by atoms with Crippen molar-refractivity contribution in [2.75, 3.05) is 11.9 Å². The van der Waals surface area contributed by atoms with Crippen LogP contribution in [0.25, 0.3) is 5.69 Å². The van der Waals surface area contributed by atoms with Crippen molar-refractivity contribution in [3.63, 3.8) is 0 Å². The van der Waals surface area contributed by atoms with Gasteiger partial charge in [-0.2, -0.15) is 5.10 Å². The summed E-state index contributed by atoms with van der Waals surface area (Å²) >= 11 is 0. The quantitative estimate of drug-likeness (QED) is 0.844. The molecule has 114 valence electrons. The Labute approximate surface area is 128 Å². The van der Waals surface area contributed by atoms with Crippen LogP contribution in [-0.2, 0) is 9.59 Å². The highest BCUT2D eigenvalue weighted by Crippen LogP contribution is 2.25. The monoisotopic (exact) mass is 298 g/mol. The Bertz CT molecular complexity index is 662. The molecule has 1 aliphatic rings. The van der Waals surface area contributed by atoms with E-state index in [1.807, 2.05) is 30.3 Å². The maximum Gasteiger partial charge on any atom is 0.314 e. The van der Waals surface area contributed by atoms with Gasteiger partial charge in [0.15, 0.2) is 5.82 Å². The van der Waals surface area contributed by atoms with Crippen molar-refractivity contribution >= 4 is 17.6 Å². The van der Waals surface area contributed by atoms with Crippen LogP contribution >= 0.6 is 0 Å². The van der Waals surface area contributed by atoms with E-state index in [1.54, 1.807) is 16.9 Å². The molecule has 1 aliphatic carbocycles. The Morgan fingerprint density at radius 1 is 1.14 bits per heavy atom. The first-order valence-electron chi connectivity index (χ1n) is 7.42. The molecule has 0 radical (unpaired) electrons. The maximum absolute atomic E-state index is 11.8. The zero-order chi connectivity index (χ0) is 15.4. The number of amides is 2. The number of aromatic nitrogens is 2. The summed E-state index contributed by atoms with van der Waals surface area (Å²) in [7, 11) is 0. The predicted molar refractivity (Wildman–Crippen MR) is 82.5 cm³/mol. The fourth-order valence-electron chi connectivity index (χ4n) is 2.30. The third-order valence-electron chi connectivity index (χ3n) is 3.83. The van der Waals surface area contributed by atoms with E-state index in [1.165, 1.54) is 6.42 Å². The molecule has 1 heterocycles. The van der Waals surface area contributed by atoms with Gasteiger partial charge in [0.1, 0.15) is 0 Å². The van der Waals surface area contributed by atoms with Gasteiger partial charge in [-0.3, -0.25) is 9.59 Å². The summed E-state index contributed by atoms with van der Waals surface area (Å²) in [5.74, 6) is -0.416. The fraction of sp³-hybridized carbons (Fsp3) is 0.312. The fourth-order valence-corrected chi connectivity index (χ4v) is 2.30. The van der Waals surface area contributed by atoms with E-state index in [9.17, 15) is 9.59 Å². The normalized spacial score (nSPS) is 14.2. The van der Waals surface area contributed by atoms with Gasteiger partial charge in [0, 0.05) is 18.8 Å². The standard InChI is InChI=1S/C16H18N4O2/c21-15(17-11-12-5-4-6-12)16(22)18-14-9-10-20(19-14)13-7-2-1-3-8-13/h1-3,7-10,12H,4-6,11H2,(H,17,21)(H,18,19,22). The second-order valence-electron chi connectivity index (χ2n) is 5.44. The molecular weight excluding hydrogens is 280 g/mol. The van der Waals surface area contributed by atoms with E-state index in [0.29, 0.717) is 18.3 Å². The largest absolute Gasteiger partial charge is 0.348 e. The van der Waals surface area contributed by atoms with Gasteiger partial charge in [-0.1, -0.05) is 24.6 Å². The molecule has 0 unspecified atom stereocenters. The lowest BCUT2D eigenvalue weighted by molar-refractivity contribution is -0.136. The number of carbonyl (C=O) groups excluding carboxylic acids is 2. The summed E-state index contributed by atoms with van der Waals surface area (Å²) in [6, 6.07) is 11.2. The lowest BCUT2D eigenvalue weighted by Crippen LogP contribution is -2.39. The van der Waals surface area contributed by atoms with E-state index in [-0.39, 0.29) is 0 Å². The lowest BCUT2D eigenvalue weighted by Gasteiger charge is -2.25. The number of rotatable bonds is 4. The van der Waals surface area contributed by atoms with Crippen molar-refractivity contribution in [3.05, 3.63) is 42.6 Å². The molecule has 6 nitrogen and oxygen atoms in total. The Morgan fingerprint density at radius 3 is 2.59 bits per heavy atom. The van der Waals surface area contributed by atoms with Crippen molar-refractivity contribution in [2.45, 2.75) is 19.3 Å². The van der Waals surface area contributed by atoms with Crippen LogP contribution in [-0.4, -0.2) is 28.1 Å². The first-order chi connectivity index (χ1) is 10.7. The van der Waals surface area contributed by atoms with Crippen molar-refractivity contribution < 1.29 is 9.59 Å². The molecule has 0 saturated heterocycles. The molecule has 0 spiro atoms. The van der Waals surface area contributed by atoms with E-state index in [4.69, 9.17) is 0 Å². The smallest absolute Gasteiger partial charge is 0.314 e. The minimum atomic E-state index is -0.683. The number of para-hydroxylation sites is 1.